The number of para-hydroxylation sites is 1. The van der Waals surface area contributed by atoms with Gasteiger partial charge in [0, 0.05) is 17.7 Å². The van der Waals surface area contributed by atoms with Crippen molar-refractivity contribution in [3.8, 4) is 0 Å². The number of hydrogen-bond donors (Lipinski definition) is 1. The molecule has 7 heteroatoms. The molecular weight excluding hydrogens is 338 g/mol. The van der Waals surface area contributed by atoms with E-state index in [1.165, 1.54) is 4.90 Å². The Morgan fingerprint density at radius 2 is 1.92 bits per heavy atom. The zero-order valence-electron chi connectivity index (χ0n) is 13.8. The maximum atomic E-state index is 12.8. The fourth-order valence-electron chi connectivity index (χ4n) is 4.20. The van der Waals surface area contributed by atoms with E-state index < -0.39 is 41.7 Å². The minimum Gasteiger partial charge on any atom is -0.478 e. The molecule has 3 aliphatic rings. The van der Waals surface area contributed by atoms with Gasteiger partial charge in [-0.15, -0.1) is 0 Å². The first-order valence-electron chi connectivity index (χ1n) is 8.19. The van der Waals surface area contributed by atoms with Gasteiger partial charge < -0.3 is 9.84 Å². The van der Waals surface area contributed by atoms with Gasteiger partial charge >= 0.3 is 17.9 Å². The van der Waals surface area contributed by atoms with E-state index in [0.717, 1.165) is 28.9 Å². The zero-order chi connectivity index (χ0) is 18.6. The maximum absolute atomic E-state index is 12.8. The Morgan fingerprint density at radius 1 is 1.19 bits per heavy atom. The highest BCUT2D eigenvalue weighted by atomic mass is 16.6. The van der Waals surface area contributed by atoms with Crippen LogP contribution in [0.25, 0.3) is 5.57 Å². The molecule has 0 unspecified atom stereocenters. The third kappa shape index (κ3) is 2.20. The van der Waals surface area contributed by atoms with Gasteiger partial charge in [0.05, 0.1) is 23.6 Å². The van der Waals surface area contributed by atoms with Gasteiger partial charge in [0.2, 0.25) is 0 Å². The van der Waals surface area contributed by atoms with Crippen molar-refractivity contribution in [1.82, 2.24) is 0 Å². The second-order valence-corrected chi connectivity index (χ2v) is 6.61. The third-order valence-corrected chi connectivity index (χ3v) is 5.17. The summed E-state index contributed by atoms with van der Waals surface area (Å²) in [6.45, 7) is 1.88. The van der Waals surface area contributed by atoms with Gasteiger partial charge in [-0.25, -0.2) is 4.79 Å². The number of allylic oxidation sites excluding steroid dienone is 1. The van der Waals surface area contributed by atoms with Crippen molar-refractivity contribution in [3.05, 3.63) is 47.6 Å². The Labute approximate surface area is 148 Å². The Bertz CT molecular complexity index is 928. The number of rotatable bonds is 2. The number of anilines is 1. The molecule has 1 saturated heterocycles. The normalized spacial score (nSPS) is 26.7. The second-order valence-electron chi connectivity index (χ2n) is 6.61. The van der Waals surface area contributed by atoms with Crippen LogP contribution in [0.2, 0.25) is 0 Å². The summed E-state index contributed by atoms with van der Waals surface area (Å²) in [6, 6.07) is 6.54. The minimum atomic E-state index is -1.24. The molecule has 0 radical (unpaired) electrons. The summed E-state index contributed by atoms with van der Waals surface area (Å²) in [5.41, 5.74) is 3.18. The molecular formula is C19H15NO6. The number of benzene rings is 1. The summed E-state index contributed by atoms with van der Waals surface area (Å²) in [4.78, 5) is 49.4. The van der Waals surface area contributed by atoms with Gasteiger partial charge in [-0.05, 0) is 25.0 Å². The lowest BCUT2D eigenvalue weighted by Crippen LogP contribution is -2.47. The monoisotopic (exact) mass is 353 g/mol. The first kappa shape index (κ1) is 16.3. The van der Waals surface area contributed by atoms with Crippen LogP contribution < -0.4 is 4.90 Å². The highest BCUT2D eigenvalue weighted by Crippen LogP contribution is 2.52. The predicted molar refractivity (Wildman–Crippen MR) is 89.8 cm³/mol. The molecule has 0 spiro atoms. The maximum Gasteiger partial charge on any atom is 0.328 e. The summed E-state index contributed by atoms with van der Waals surface area (Å²) in [5.74, 6) is -4.40. The summed E-state index contributed by atoms with van der Waals surface area (Å²) in [6.07, 6.45) is 2.13. The number of amides is 1. The SMILES string of the molecule is CC1=C2c3ccccc3N(C(=O)C=CC(=O)O)[C@H]2[C@H]2C(=O)OC(=O)[C@H]2C1. The Morgan fingerprint density at radius 3 is 2.65 bits per heavy atom. The molecule has 132 valence electrons. The molecule has 2 aliphatic heterocycles. The van der Waals surface area contributed by atoms with Gasteiger partial charge in [0.25, 0.3) is 5.91 Å². The lowest BCUT2D eigenvalue weighted by molar-refractivity contribution is -0.153. The first-order valence-corrected chi connectivity index (χ1v) is 8.19. The standard InChI is InChI=1S/C19H15NO6/c1-9-8-11-16(19(25)26-18(11)24)17-15(9)10-4-2-3-5-12(10)20(17)13(21)6-7-14(22)23/h2-7,11,16-17H,8H2,1H3,(H,22,23)/t11-,16-,17+/m0/s1. The smallest absolute Gasteiger partial charge is 0.328 e. The highest BCUT2D eigenvalue weighted by molar-refractivity contribution is 6.13. The number of ether oxygens (including phenoxy) is 1. The fraction of sp³-hybridized carbons (Fsp3) is 0.263. The van der Waals surface area contributed by atoms with Crippen molar-refractivity contribution < 1.29 is 29.0 Å². The molecule has 0 saturated carbocycles. The number of aliphatic carboxylic acids is 1. The predicted octanol–water partition coefficient (Wildman–Crippen LogP) is 1.54. The molecule has 7 nitrogen and oxygen atoms in total. The Hall–Kier alpha value is -3.22. The summed E-state index contributed by atoms with van der Waals surface area (Å²) in [5, 5.41) is 8.82. The molecule has 1 amide bonds. The lowest BCUT2D eigenvalue weighted by Gasteiger charge is -2.34. The Kier molecular flexibility index (Phi) is 3.54. The van der Waals surface area contributed by atoms with Crippen molar-refractivity contribution >= 4 is 35.1 Å². The molecule has 1 N–H and O–H groups in total. The van der Waals surface area contributed by atoms with Gasteiger partial charge in [-0.2, -0.15) is 0 Å². The van der Waals surface area contributed by atoms with Crippen LogP contribution in [0.3, 0.4) is 0 Å². The van der Waals surface area contributed by atoms with E-state index in [9.17, 15) is 19.2 Å². The summed E-state index contributed by atoms with van der Waals surface area (Å²) < 4.78 is 4.84. The molecule has 26 heavy (non-hydrogen) atoms. The quantitative estimate of drug-likeness (QED) is 0.492. The number of esters is 2. The number of fused-ring (bicyclic) bond motifs is 5. The number of carboxylic acids is 1. The van der Waals surface area contributed by atoms with E-state index in [0.29, 0.717) is 12.1 Å². The third-order valence-electron chi connectivity index (χ3n) is 5.17. The van der Waals surface area contributed by atoms with Crippen LogP contribution in [0, 0.1) is 11.8 Å². The van der Waals surface area contributed by atoms with Crippen LogP contribution in [-0.4, -0.2) is 35.0 Å². The average molecular weight is 353 g/mol. The van der Waals surface area contributed by atoms with E-state index in [1.54, 1.807) is 12.1 Å². The van der Waals surface area contributed by atoms with Crippen molar-refractivity contribution in [3.63, 3.8) is 0 Å². The number of hydrogen-bond acceptors (Lipinski definition) is 5. The second kappa shape index (κ2) is 5.66. The minimum absolute atomic E-state index is 0.405. The molecule has 1 aromatic rings. The number of cyclic esters (lactones) is 2. The van der Waals surface area contributed by atoms with Gasteiger partial charge in [-0.3, -0.25) is 19.3 Å². The molecule has 0 aromatic heterocycles. The number of carbonyl (C=O) groups is 4. The van der Waals surface area contributed by atoms with Crippen LogP contribution in [0.5, 0.6) is 0 Å². The summed E-state index contributed by atoms with van der Waals surface area (Å²) >= 11 is 0. The van der Waals surface area contributed by atoms with Crippen LogP contribution >= 0.6 is 0 Å². The van der Waals surface area contributed by atoms with E-state index in [-0.39, 0.29) is 0 Å². The zero-order valence-corrected chi connectivity index (χ0v) is 13.8. The molecule has 0 bridgehead atoms. The largest absolute Gasteiger partial charge is 0.478 e. The molecule has 1 fully saturated rings. The molecule has 4 rings (SSSR count). The average Bonchev–Trinajstić information content (AvgIpc) is 3.08. The van der Waals surface area contributed by atoms with Gasteiger partial charge in [0.1, 0.15) is 0 Å². The van der Waals surface area contributed by atoms with Gasteiger partial charge in [-0.1, -0.05) is 23.8 Å². The first-order chi connectivity index (χ1) is 12.4. The molecule has 2 heterocycles. The van der Waals surface area contributed by atoms with Crippen molar-refractivity contribution in [1.29, 1.82) is 0 Å². The van der Waals surface area contributed by atoms with E-state index in [4.69, 9.17) is 9.84 Å². The van der Waals surface area contributed by atoms with Gasteiger partial charge in [0.15, 0.2) is 0 Å². The summed E-state index contributed by atoms with van der Waals surface area (Å²) in [7, 11) is 0. The van der Waals surface area contributed by atoms with E-state index in [1.807, 2.05) is 19.1 Å². The number of carboxylic acid groups (broad SMARTS) is 1. The van der Waals surface area contributed by atoms with Crippen molar-refractivity contribution in [2.45, 2.75) is 19.4 Å². The van der Waals surface area contributed by atoms with Crippen LogP contribution in [0.15, 0.2) is 42.0 Å². The van der Waals surface area contributed by atoms with E-state index in [2.05, 4.69) is 0 Å². The Balaban J connectivity index is 1.89. The number of carbonyl (C=O) groups excluding carboxylic acids is 3. The van der Waals surface area contributed by atoms with Crippen molar-refractivity contribution in [2.75, 3.05) is 4.90 Å². The van der Waals surface area contributed by atoms with Crippen LogP contribution in [0.1, 0.15) is 18.9 Å². The molecule has 1 aliphatic carbocycles. The molecule has 1 aromatic carbocycles. The lowest BCUT2D eigenvalue weighted by atomic mass is 9.73. The van der Waals surface area contributed by atoms with Crippen molar-refractivity contribution in [2.24, 2.45) is 11.8 Å². The van der Waals surface area contributed by atoms with E-state index >= 15 is 0 Å². The number of nitrogens with zero attached hydrogens (tertiary/aromatic N) is 1. The fourth-order valence-corrected chi connectivity index (χ4v) is 4.20. The highest BCUT2D eigenvalue weighted by Gasteiger charge is 2.57. The molecule has 3 atom stereocenters. The van der Waals surface area contributed by atoms with Crippen LogP contribution in [0.4, 0.5) is 5.69 Å². The van der Waals surface area contributed by atoms with Crippen LogP contribution in [-0.2, 0) is 23.9 Å². The topological polar surface area (TPSA) is 101 Å².